The van der Waals surface area contributed by atoms with Gasteiger partial charge in [-0.3, -0.25) is 9.52 Å². The predicted molar refractivity (Wildman–Crippen MR) is 127 cm³/mol. The summed E-state index contributed by atoms with van der Waals surface area (Å²) >= 11 is 6.35. The van der Waals surface area contributed by atoms with Crippen molar-refractivity contribution >= 4 is 33.2 Å². The molecular formula is C25H29ClN2O3S. The first-order valence-corrected chi connectivity index (χ1v) is 13.2. The molecule has 6 rings (SSSR count). The van der Waals surface area contributed by atoms with Gasteiger partial charge in [0.05, 0.1) is 15.5 Å². The van der Waals surface area contributed by atoms with Gasteiger partial charge in [-0.15, -0.1) is 0 Å². The van der Waals surface area contributed by atoms with Crippen LogP contribution in [0.15, 0.2) is 41.3 Å². The van der Waals surface area contributed by atoms with Crippen molar-refractivity contribution in [3.8, 4) is 0 Å². The van der Waals surface area contributed by atoms with E-state index < -0.39 is 10.0 Å². The zero-order valence-corrected chi connectivity index (χ0v) is 20.0. The van der Waals surface area contributed by atoms with Crippen molar-refractivity contribution in [1.82, 2.24) is 5.32 Å². The lowest BCUT2D eigenvalue weighted by atomic mass is 9.53. The van der Waals surface area contributed by atoms with E-state index in [4.69, 9.17) is 11.6 Å². The van der Waals surface area contributed by atoms with Crippen LogP contribution in [0.25, 0.3) is 0 Å². The number of carbonyl (C=O) groups excluding carboxylic acids is 1. The largest absolute Gasteiger partial charge is 0.347 e. The Bertz CT molecular complexity index is 1160. The number of nitrogens with one attached hydrogen (secondary N) is 2. The fraction of sp³-hybridized carbons (Fsp3) is 0.480. The highest BCUT2D eigenvalue weighted by atomic mass is 35.5. The van der Waals surface area contributed by atoms with Crippen LogP contribution in [0.2, 0.25) is 5.02 Å². The monoisotopic (exact) mass is 472 g/mol. The molecule has 4 fully saturated rings. The molecule has 0 spiro atoms. The van der Waals surface area contributed by atoms with Crippen LogP contribution >= 0.6 is 11.6 Å². The van der Waals surface area contributed by atoms with Crippen molar-refractivity contribution in [3.63, 3.8) is 0 Å². The van der Waals surface area contributed by atoms with Crippen molar-refractivity contribution in [1.29, 1.82) is 0 Å². The number of hydrogen-bond acceptors (Lipinski definition) is 3. The van der Waals surface area contributed by atoms with Crippen LogP contribution in [0.5, 0.6) is 0 Å². The van der Waals surface area contributed by atoms with E-state index >= 15 is 0 Å². The summed E-state index contributed by atoms with van der Waals surface area (Å²) in [6.07, 6.45) is 6.92. The third-order valence-corrected chi connectivity index (χ3v) is 9.38. The number of amides is 1. The summed E-state index contributed by atoms with van der Waals surface area (Å²) in [4.78, 5) is 13.3. The van der Waals surface area contributed by atoms with Gasteiger partial charge in [0.25, 0.3) is 15.9 Å². The first-order chi connectivity index (χ1) is 15.1. The quantitative estimate of drug-likeness (QED) is 0.607. The van der Waals surface area contributed by atoms with Gasteiger partial charge in [-0.25, -0.2) is 8.42 Å². The molecule has 0 atom stereocenters. The molecule has 0 aliphatic heterocycles. The molecule has 0 aromatic heterocycles. The zero-order chi connectivity index (χ0) is 22.7. The van der Waals surface area contributed by atoms with Crippen molar-refractivity contribution in [2.75, 3.05) is 4.72 Å². The topological polar surface area (TPSA) is 75.3 Å². The third-order valence-electron chi connectivity index (χ3n) is 7.67. The molecule has 4 aliphatic rings. The van der Waals surface area contributed by atoms with Crippen LogP contribution in [0.1, 0.15) is 60.0 Å². The second kappa shape index (κ2) is 7.77. The number of anilines is 1. The lowest BCUT2D eigenvalue weighted by molar-refractivity contribution is -0.0167. The van der Waals surface area contributed by atoms with Crippen molar-refractivity contribution in [2.24, 2.45) is 17.8 Å². The van der Waals surface area contributed by atoms with E-state index in [0.29, 0.717) is 23.4 Å². The summed E-state index contributed by atoms with van der Waals surface area (Å²) in [6.45, 7) is 3.91. The molecule has 32 heavy (non-hydrogen) atoms. The number of hydrogen-bond donors (Lipinski definition) is 2. The lowest BCUT2D eigenvalue weighted by Gasteiger charge is -2.56. The fourth-order valence-electron chi connectivity index (χ4n) is 6.44. The van der Waals surface area contributed by atoms with Gasteiger partial charge in [-0.1, -0.05) is 17.7 Å². The highest BCUT2D eigenvalue weighted by Gasteiger charge is 2.51. The maximum Gasteiger partial charge on any atom is 0.261 e. The number of rotatable bonds is 5. The minimum absolute atomic E-state index is 0.0239. The molecular weight excluding hydrogens is 444 g/mol. The normalized spacial score (nSPS) is 28.5. The number of halogens is 1. The molecule has 7 heteroatoms. The second-order valence-electron chi connectivity index (χ2n) is 10.2. The van der Waals surface area contributed by atoms with Gasteiger partial charge >= 0.3 is 0 Å². The van der Waals surface area contributed by atoms with Gasteiger partial charge in [0.1, 0.15) is 0 Å². The molecule has 2 N–H and O–H groups in total. The molecule has 4 saturated carbocycles. The molecule has 2 aromatic rings. The number of carbonyl (C=O) groups is 1. The summed E-state index contributed by atoms with van der Waals surface area (Å²) < 4.78 is 28.6. The highest BCUT2D eigenvalue weighted by Crippen LogP contribution is 2.55. The Hall–Kier alpha value is -2.05. The summed E-state index contributed by atoms with van der Waals surface area (Å²) in [5, 5.41) is 3.55. The highest BCUT2D eigenvalue weighted by molar-refractivity contribution is 7.92. The first kappa shape index (κ1) is 21.8. The van der Waals surface area contributed by atoms with E-state index in [1.807, 2.05) is 19.9 Å². The molecule has 170 valence electrons. The minimum atomic E-state index is -3.86. The maximum atomic E-state index is 13.3. The third kappa shape index (κ3) is 4.03. The van der Waals surface area contributed by atoms with Crippen molar-refractivity contribution in [2.45, 2.75) is 62.8 Å². The summed E-state index contributed by atoms with van der Waals surface area (Å²) in [6, 6.07) is 9.72. The van der Waals surface area contributed by atoms with Crippen LogP contribution < -0.4 is 10.0 Å². The van der Waals surface area contributed by atoms with E-state index in [0.717, 1.165) is 30.4 Å². The van der Waals surface area contributed by atoms with Crippen LogP contribution in [-0.4, -0.2) is 19.9 Å². The first-order valence-electron chi connectivity index (χ1n) is 11.3. The van der Waals surface area contributed by atoms with Crippen molar-refractivity contribution in [3.05, 3.63) is 58.1 Å². The molecule has 0 radical (unpaired) electrons. The average molecular weight is 473 g/mol. The molecule has 0 heterocycles. The van der Waals surface area contributed by atoms with E-state index in [-0.39, 0.29) is 26.9 Å². The van der Waals surface area contributed by atoms with Crippen LogP contribution in [-0.2, 0) is 10.0 Å². The van der Waals surface area contributed by atoms with E-state index in [9.17, 15) is 13.2 Å². The predicted octanol–water partition coefficient (Wildman–Crippen LogP) is 5.46. The molecule has 0 unspecified atom stereocenters. The maximum absolute atomic E-state index is 13.3. The van der Waals surface area contributed by atoms with Gasteiger partial charge in [-0.05, 0) is 112 Å². The van der Waals surface area contributed by atoms with Crippen LogP contribution in [0.4, 0.5) is 5.69 Å². The molecule has 1 amide bonds. The van der Waals surface area contributed by atoms with Gasteiger partial charge < -0.3 is 5.32 Å². The van der Waals surface area contributed by atoms with E-state index in [1.54, 1.807) is 12.1 Å². The Labute approximate surface area is 195 Å². The minimum Gasteiger partial charge on any atom is -0.347 e. The number of benzene rings is 2. The smallest absolute Gasteiger partial charge is 0.261 e. The summed E-state index contributed by atoms with van der Waals surface area (Å²) in [5.41, 5.74) is 2.62. The van der Waals surface area contributed by atoms with Crippen LogP contribution in [0.3, 0.4) is 0 Å². The lowest BCUT2D eigenvalue weighted by Crippen LogP contribution is -2.59. The van der Waals surface area contributed by atoms with Gasteiger partial charge in [0.2, 0.25) is 0 Å². The average Bonchev–Trinajstić information content (AvgIpc) is 2.69. The summed E-state index contributed by atoms with van der Waals surface area (Å²) in [7, 11) is -3.86. The molecule has 4 bridgehead atoms. The molecule has 0 saturated heterocycles. The molecule has 5 nitrogen and oxygen atoms in total. The Morgan fingerprint density at radius 3 is 2.16 bits per heavy atom. The van der Waals surface area contributed by atoms with Crippen LogP contribution in [0, 0.1) is 31.6 Å². The Kier molecular flexibility index (Phi) is 5.29. The standard InChI is InChI=1S/C25H29ClN2O3S/c1-15-3-4-20(7-16(15)2)28-32(30,31)21-5-6-23(26)22(11-21)24(29)27-25-12-17-8-18(13-25)10-19(9-17)14-25/h3-7,11,17-19,28H,8-10,12-14H2,1-2H3,(H,27,29). The second-order valence-corrected chi connectivity index (χ2v) is 12.3. The van der Waals surface area contributed by atoms with E-state index in [2.05, 4.69) is 10.0 Å². The van der Waals surface area contributed by atoms with Gasteiger partial charge in [-0.2, -0.15) is 0 Å². The fourth-order valence-corrected chi connectivity index (χ4v) is 7.72. The van der Waals surface area contributed by atoms with E-state index in [1.165, 1.54) is 37.5 Å². The number of sulfonamides is 1. The Balaban J connectivity index is 1.38. The van der Waals surface area contributed by atoms with Gasteiger partial charge in [0, 0.05) is 11.2 Å². The van der Waals surface area contributed by atoms with Gasteiger partial charge in [0.15, 0.2) is 0 Å². The summed E-state index contributed by atoms with van der Waals surface area (Å²) in [5.74, 6) is 1.82. The Morgan fingerprint density at radius 2 is 1.56 bits per heavy atom. The molecule has 4 aliphatic carbocycles. The zero-order valence-electron chi connectivity index (χ0n) is 18.4. The van der Waals surface area contributed by atoms with Crippen molar-refractivity contribution < 1.29 is 13.2 Å². The molecule has 2 aromatic carbocycles. The SMILES string of the molecule is Cc1ccc(NS(=O)(=O)c2ccc(Cl)c(C(=O)NC34CC5CC(CC(C5)C3)C4)c2)cc1C. The number of aryl methyl sites for hydroxylation is 2. The Morgan fingerprint density at radius 1 is 0.938 bits per heavy atom.